The SMILES string of the molecule is C=CC(=O)N1CCN2c3nc(=O)n(-c4c(C)ccnc4C(C)C)c4nc(-c5cc(O)cc6ccccc56)c(F)c(c34)OCC2C1. The normalized spacial score (nSPS) is 16.1. The fraction of sp³-hybridized carbons (Fsp3) is 0.265. The van der Waals surface area contributed by atoms with Crippen molar-refractivity contribution in [2.75, 3.05) is 31.1 Å². The molecule has 0 aliphatic carbocycles. The van der Waals surface area contributed by atoms with Crippen molar-refractivity contribution >= 4 is 33.5 Å². The van der Waals surface area contributed by atoms with Gasteiger partial charge in [0.15, 0.2) is 17.2 Å². The molecule has 0 saturated carbocycles. The predicted octanol–water partition coefficient (Wildman–Crippen LogP) is 4.87. The van der Waals surface area contributed by atoms with E-state index in [-0.39, 0.29) is 59.0 Å². The van der Waals surface area contributed by atoms with Gasteiger partial charge in [-0.1, -0.05) is 44.7 Å². The first-order valence-corrected chi connectivity index (χ1v) is 14.8. The van der Waals surface area contributed by atoms with E-state index in [1.165, 1.54) is 16.7 Å². The van der Waals surface area contributed by atoms with Crippen LogP contribution < -0.4 is 15.3 Å². The van der Waals surface area contributed by atoms with Crippen molar-refractivity contribution in [3.8, 4) is 28.4 Å². The van der Waals surface area contributed by atoms with Crippen LogP contribution in [0.2, 0.25) is 0 Å². The molecule has 5 heterocycles. The van der Waals surface area contributed by atoms with E-state index in [0.29, 0.717) is 40.8 Å². The van der Waals surface area contributed by atoms with Gasteiger partial charge in [0.05, 0.1) is 17.4 Å². The lowest BCUT2D eigenvalue weighted by Gasteiger charge is -2.40. The number of amides is 1. The molecule has 2 aromatic carbocycles. The largest absolute Gasteiger partial charge is 0.508 e. The molecule has 1 atom stereocenters. The van der Waals surface area contributed by atoms with Gasteiger partial charge in [-0.2, -0.15) is 4.98 Å². The number of phenolic OH excluding ortho intramolecular Hbond substituents is 1. The van der Waals surface area contributed by atoms with E-state index in [4.69, 9.17) is 9.72 Å². The van der Waals surface area contributed by atoms with E-state index in [9.17, 15) is 14.7 Å². The summed E-state index contributed by atoms with van der Waals surface area (Å²) in [5.41, 5.74) is 1.79. The Hall–Kier alpha value is -5.32. The number of carbonyl (C=O) groups is 1. The molecule has 1 saturated heterocycles. The Balaban J connectivity index is 1.58. The summed E-state index contributed by atoms with van der Waals surface area (Å²) in [6.45, 7) is 10.5. The Morgan fingerprint density at radius 1 is 1.18 bits per heavy atom. The number of aromatic hydroxyl groups is 1. The highest BCUT2D eigenvalue weighted by molar-refractivity contribution is 6.01. The van der Waals surface area contributed by atoms with Gasteiger partial charge in [-0.15, -0.1) is 0 Å². The number of rotatable bonds is 4. The molecule has 0 radical (unpaired) electrons. The summed E-state index contributed by atoms with van der Waals surface area (Å²) in [6.07, 6.45) is 2.95. The fourth-order valence-electron chi connectivity index (χ4n) is 6.46. The predicted molar refractivity (Wildman–Crippen MR) is 170 cm³/mol. The lowest BCUT2D eigenvalue weighted by Crippen LogP contribution is -2.56. The molecule has 5 aromatic rings. The monoisotopic (exact) mass is 606 g/mol. The second-order valence-electron chi connectivity index (χ2n) is 11.7. The Morgan fingerprint density at radius 3 is 2.76 bits per heavy atom. The highest BCUT2D eigenvalue weighted by Gasteiger charge is 2.37. The summed E-state index contributed by atoms with van der Waals surface area (Å²) in [7, 11) is 0. The van der Waals surface area contributed by atoms with Crippen molar-refractivity contribution in [1.82, 2.24) is 24.4 Å². The topological polar surface area (TPSA) is 114 Å². The second kappa shape index (κ2) is 10.7. The quantitative estimate of drug-likeness (QED) is 0.289. The second-order valence-corrected chi connectivity index (χ2v) is 11.7. The summed E-state index contributed by atoms with van der Waals surface area (Å²) in [6, 6.07) is 11.8. The molecule has 0 spiro atoms. The molecule has 1 N–H and O–H groups in total. The van der Waals surface area contributed by atoms with Crippen molar-refractivity contribution in [2.24, 2.45) is 0 Å². The summed E-state index contributed by atoms with van der Waals surface area (Å²) >= 11 is 0. The number of nitrogens with zero attached hydrogens (tertiary/aromatic N) is 6. The number of piperazine rings is 1. The number of benzene rings is 2. The molecule has 7 rings (SSSR count). The van der Waals surface area contributed by atoms with E-state index in [2.05, 4.69) is 16.5 Å². The third-order valence-electron chi connectivity index (χ3n) is 8.59. The van der Waals surface area contributed by atoms with Gasteiger partial charge in [0.2, 0.25) is 5.91 Å². The minimum atomic E-state index is -0.739. The lowest BCUT2D eigenvalue weighted by molar-refractivity contribution is -0.126. The van der Waals surface area contributed by atoms with Crippen LogP contribution in [0.25, 0.3) is 38.8 Å². The van der Waals surface area contributed by atoms with Crippen LogP contribution in [0.15, 0.2) is 66.1 Å². The van der Waals surface area contributed by atoms with Gasteiger partial charge in [0, 0.05) is 31.4 Å². The number of pyridine rings is 2. The number of aryl methyl sites for hydroxylation is 1. The van der Waals surface area contributed by atoms with E-state index in [1.807, 2.05) is 56.0 Å². The third-order valence-corrected chi connectivity index (χ3v) is 8.59. The van der Waals surface area contributed by atoms with E-state index < -0.39 is 17.5 Å². The molecule has 0 bridgehead atoms. The van der Waals surface area contributed by atoms with Gasteiger partial charge in [-0.3, -0.25) is 9.78 Å². The van der Waals surface area contributed by atoms with Crippen LogP contribution in [0.4, 0.5) is 10.2 Å². The van der Waals surface area contributed by atoms with Crippen LogP contribution >= 0.6 is 0 Å². The van der Waals surface area contributed by atoms with Crippen LogP contribution in [-0.2, 0) is 4.79 Å². The number of halogens is 1. The molecular formula is C34H31FN6O4. The van der Waals surface area contributed by atoms with Gasteiger partial charge in [-0.05, 0) is 53.5 Å². The van der Waals surface area contributed by atoms with Gasteiger partial charge < -0.3 is 19.6 Å². The van der Waals surface area contributed by atoms with E-state index in [1.54, 1.807) is 17.2 Å². The van der Waals surface area contributed by atoms with Crippen molar-refractivity contribution in [1.29, 1.82) is 0 Å². The van der Waals surface area contributed by atoms with Crippen molar-refractivity contribution in [3.05, 3.63) is 88.9 Å². The van der Waals surface area contributed by atoms with Crippen molar-refractivity contribution in [3.63, 3.8) is 0 Å². The Kier molecular flexibility index (Phi) is 6.76. The molecule has 45 heavy (non-hydrogen) atoms. The van der Waals surface area contributed by atoms with Crippen LogP contribution in [0.1, 0.15) is 31.0 Å². The van der Waals surface area contributed by atoms with Gasteiger partial charge in [0.1, 0.15) is 29.3 Å². The number of phenols is 1. The minimum Gasteiger partial charge on any atom is -0.508 e. The summed E-state index contributed by atoms with van der Waals surface area (Å²) < 4.78 is 24.6. The highest BCUT2D eigenvalue weighted by Crippen LogP contribution is 2.43. The third kappa shape index (κ3) is 4.49. The van der Waals surface area contributed by atoms with Crippen LogP contribution in [0.5, 0.6) is 11.5 Å². The maximum absolute atomic E-state index is 16.9. The zero-order valence-electron chi connectivity index (χ0n) is 25.1. The molecule has 1 unspecified atom stereocenters. The standard InChI is InChI=1S/C34H31FN6O4/c1-5-25(43)39-12-13-40-21(16-39)17-45-31-26-32(40)38-34(44)41(30-19(4)10-11-36-28(30)18(2)3)33(26)37-29(27(31)35)24-15-22(42)14-20-8-6-7-9-23(20)24/h5-11,14-15,18,21,42H,1,12-13,16-17H2,2-4H3. The molecule has 2 aliphatic heterocycles. The first-order valence-electron chi connectivity index (χ1n) is 14.8. The molecule has 10 nitrogen and oxygen atoms in total. The maximum atomic E-state index is 16.9. The Labute approximate surface area is 258 Å². The number of hydrogen-bond acceptors (Lipinski definition) is 8. The summed E-state index contributed by atoms with van der Waals surface area (Å²) in [5.74, 6) is -0.911. The van der Waals surface area contributed by atoms with Crippen molar-refractivity contribution < 1.29 is 19.0 Å². The lowest BCUT2D eigenvalue weighted by atomic mass is 10.00. The molecular weight excluding hydrogens is 575 g/mol. The molecule has 228 valence electrons. The minimum absolute atomic E-state index is 0.0326. The highest BCUT2D eigenvalue weighted by atomic mass is 19.1. The van der Waals surface area contributed by atoms with Crippen molar-refractivity contribution in [2.45, 2.75) is 32.7 Å². The molecule has 1 amide bonds. The number of ether oxygens (including phenoxy) is 1. The Bertz CT molecular complexity index is 2110. The van der Waals surface area contributed by atoms with Crippen LogP contribution in [0, 0.1) is 12.7 Å². The number of anilines is 1. The smallest absolute Gasteiger partial charge is 0.355 e. The molecule has 1 fully saturated rings. The first-order chi connectivity index (χ1) is 21.7. The average molecular weight is 607 g/mol. The number of aromatic nitrogens is 4. The first kappa shape index (κ1) is 28.5. The number of fused-ring (bicyclic) bond motifs is 3. The van der Waals surface area contributed by atoms with Crippen LogP contribution in [0.3, 0.4) is 0 Å². The molecule has 11 heteroatoms. The fourth-order valence-corrected chi connectivity index (χ4v) is 6.46. The van der Waals surface area contributed by atoms with Gasteiger partial charge >= 0.3 is 5.69 Å². The number of hydrogen-bond donors (Lipinski definition) is 1. The average Bonchev–Trinajstić information content (AvgIpc) is 3.19. The molecule has 3 aromatic heterocycles. The van der Waals surface area contributed by atoms with E-state index >= 15 is 4.39 Å². The number of carbonyl (C=O) groups excluding carboxylic acids is 1. The summed E-state index contributed by atoms with van der Waals surface area (Å²) in [4.78, 5) is 44.3. The zero-order chi connectivity index (χ0) is 31.6. The maximum Gasteiger partial charge on any atom is 0.355 e. The van der Waals surface area contributed by atoms with Gasteiger partial charge in [0.25, 0.3) is 0 Å². The molecule has 2 aliphatic rings. The van der Waals surface area contributed by atoms with Crippen LogP contribution in [-0.4, -0.2) is 67.7 Å². The zero-order valence-corrected chi connectivity index (χ0v) is 25.1. The summed E-state index contributed by atoms with van der Waals surface area (Å²) in [5, 5.41) is 12.3. The van der Waals surface area contributed by atoms with E-state index in [0.717, 1.165) is 5.56 Å². The Morgan fingerprint density at radius 2 is 1.98 bits per heavy atom. The van der Waals surface area contributed by atoms with Gasteiger partial charge in [-0.25, -0.2) is 18.7 Å².